The highest BCUT2D eigenvalue weighted by molar-refractivity contribution is 6.35. The molecule has 2 aromatic rings. The Morgan fingerprint density at radius 1 is 1.17 bits per heavy atom. The summed E-state index contributed by atoms with van der Waals surface area (Å²) in [5, 5.41) is 7.02. The number of hydrazone groups is 1. The normalized spacial score (nSPS) is 11.7. The Morgan fingerprint density at radius 3 is 2.62 bits per heavy atom. The second-order valence-corrected chi connectivity index (χ2v) is 6.65. The molecule has 0 aliphatic heterocycles. The third-order valence-electron chi connectivity index (χ3n) is 4.12. The number of carbonyl (C=O) groups excluding carboxylic acids is 2. The van der Waals surface area contributed by atoms with Gasteiger partial charge in [-0.05, 0) is 31.5 Å². The largest absolute Gasteiger partial charge is 0.493 e. The third kappa shape index (κ3) is 6.50. The van der Waals surface area contributed by atoms with Gasteiger partial charge in [0.15, 0.2) is 11.5 Å². The van der Waals surface area contributed by atoms with Crippen molar-refractivity contribution in [2.75, 3.05) is 7.11 Å². The molecular formula is C21H24ClN3O4. The quantitative estimate of drug-likeness (QED) is 0.392. The van der Waals surface area contributed by atoms with Gasteiger partial charge in [0.05, 0.1) is 13.3 Å². The lowest BCUT2D eigenvalue weighted by molar-refractivity contribution is -0.139. The van der Waals surface area contributed by atoms with E-state index < -0.39 is 11.8 Å². The SMILES string of the molecule is CC[C@H](C)NC(=O)C(=O)N/N=C\c1cccc(OC)c1OCc1ccccc1Cl. The summed E-state index contributed by atoms with van der Waals surface area (Å²) in [6, 6.07) is 12.5. The number of hydrogen-bond donors (Lipinski definition) is 2. The van der Waals surface area contributed by atoms with Crippen molar-refractivity contribution in [3.05, 3.63) is 58.6 Å². The number of methoxy groups -OCH3 is 1. The van der Waals surface area contributed by atoms with E-state index in [4.69, 9.17) is 21.1 Å². The average Bonchev–Trinajstić information content (AvgIpc) is 2.73. The molecule has 0 spiro atoms. The molecule has 0 aromatic heterocycles. The highest BCUT2D eigenvalue weighted by Gasteiger charge is 2.15. The molecule has 2 rings (SSSR count). The topological polar surface area (TPSA) is 89.0 Å². The Hall–Kier alpha value is -3.06. The van der Waals surface area contributed by atoms with Gasteiger partial charge in [0, 0.05) is 22.2 Å². The number of rotatable bonds is 8. The number of nitrogens with one attached hydrogen (secondary N) is 2. The van der Waals surface area contributed by atoms with E-state index in [1.165, 1.54) is 13.3 Å². The molecule has 7 nitrogen and oxygen atoms in total. The number of nitrogens with zero attached hydrogens (tertiary/aromatic N) is 1. The Morgan fingerprint density at radius 2 is 1.93 bits per heavy atom. The maximum absolute atomic E-state index is 11.8. The van der Waals surface area contributed by atoms with E-state index in [2.05, 4.69) is 15.8 Å². The van der Waals surface area contributed by atoms with E-state index in [0.717, 1.165) is 12.0 Å². The Bertz CT molecular complexity index is 886. The molecule has 0 saturated carbocycles. The molecule has 0 aliphatic rings. The smallest absolute Gasteiger partial charge is 0.329 e. The predicted octanol–water partition coefficient (Wildman–Crippen LogP) is 3.29. The summed E-state index contributed by atoms with van der Waals surface area (Å²) in [6.45, 7) is 3.95. The second-order valence-electron chi connectivity index (χ2n) is 6.24. The maximum atomic E-state index is 11.8. The van der Waals surface area contributed by atoms with Gasteiger partial charge in [-0.25, -0.2) is 5.43 Å². The summed E-state index contributed by atoms with van der Waals surface area (Å²) in [6.07, 6.45) is 2.11. The standard InChI is InChI=1S/C21H24ClN3O4/c1-4-14(2)24-20(26)21(27)25-23-12-15-9-7-11-18(28-3)19(15)29-13-16-8-5-6-10-17(16)22/h5-12,14H,4,13H2,1-3H3,(H,24,26)(H,25,27)/b23-12-/t14-/m0/s1. The number of ether oxygens (including phenoxy) is 2. The minimum atomic E-state index is -0.844. The van der Waals surface area contributed by atoms with Gasteiger partial charge in [0.2, 0.25) is 0 Å². The fourth-order valence-electron chi connectivity index (χ4n) is 2.32. The van der Waals surface area contributed by atoms with E-state index in [0.29, 0.717) is 22.1 Å². The van der Waals surface area contributed by atoms with E-state index in [1.807, 2.05) is 32.0 Å². The first-order valence-electron chi connectivity index (χ1n) is 9.13. The molecule has 0 bridgehead atoms. The first-order valence-corrected chi connectivity index (χ1v) is 9.51. The molecular weight excluding hydrogens is 394 g/mol. The molecule has 8 heteroatoms. The lowest BCUT2D eigenvalue weighted by Crippen LogP contribution is -2.41. The summed E-state index contributed by atoms with van der Waals surface area (Å²) in [4.78, 5) is 23.6. The van der Waals surface area contributed by atoms with Crippen LogP contribution < -0.4 is 20.2 Å². The zero-order valence-corrected chi connectivity index (χ0v) is 17.3. The monoisotopic (exact) mass is 417 g/mol. The van der Waals surface area contributed by atoms with E-state index in [1.54, 1.807) is 24.3 Å². The fourth-order valence-corrected chi connectivity index (χ4v) is 2.51. The van der Waals surface area contributed by atoms with Crippen molar-refractivity contribution in [1.29, 1.82) is 0 Å². The minimum absolute atomic E-state index is 0.0968. The number of halogens is 1. The molecule has 0 saturated heterocycles. The van der Waals surface area contributed by atoms with Crippen LogP contribution in [-0.4, -0.2) is 31.2 Å². The van der Waals surface area contributed by atoms with Crippen LogP contribution in [0.1, 0.15) is 31.4 Å². The van der Waals surface area contributed by atoms with Crippen molar-refractivity contribution in [2.24, 2.45) is 5.10 Å². The van der Waals surface area contributed by atoms with Crippen molar-refractivity contribution in [3.63, 3.8) is 0 Å². The van der Waals surface area contributed by atoms with Crippen LogP contribution in [-0.2, 0) is 16.2 Å². The number of amides is 2. The Labute approximate surface area is 175 Å². The van der Waals surface area contributed by atoms with E-state index in [9.17, 15) is 9.59 Å². The van der Waals surface area contributed by atoms with Crippen LogP contribution in [0, 0.1) is 0 Å². The van der Waals surface area contributed by atoms with Crippen molar-refractivity contribution in [3.8, 4) is 11.5 Å². The second kappa shape index (κ2) is 11.1. The molecule has 0 radical (unpaired) electrons. The Balaban J connectivity index is 2.10. The molecule has 0 fully saturated rings. The summed E-state index contributed by atoms with van der Waals surface area (Å²) in [7, 11) is 1.53. The van der Waals surface area contributed by atoms with Gasteiger partial charge in [-0.2, -0.15) is 5.10 Å². The summed E-state index contributed by atoms with van der Waals surface area (Å²) < 4.78 is 11.3. The number of hydrogen-bond acceptors (Lipinski definition) is 5. The first kappa shape index (κ1) is 22.2. The summed E-state index contributed by atoms with van der Waals surface area (Å²) in [5.74, 6) is -0.640. The molecule has 154 valence electrons. The third-order valence-corrected chi connectivity index (χ3v) is 4.49. The molecule has 0 unspecified atom stereocenters. The van der Waals surface area contributed by atoms with Gasteiger partial charge in [-0.15, -0.1) is 0 Å². The van der Waals surface area contributed by atoms with Crippen molar-refractivity contribution in [1.82, 2.24) is 10.7 Å². The summed E-state index contributed by atoms with van der Waals surface area (Å²) >= 11 is 6.18. The van der Waals surface area contributed by atoms with Crippen LogP contribution in [0.25, 0.3) is 0 Å². The molecule has 0 heterocycles. The molecule has 29 heavy (non-hydrogen) atoms. The number of para-hydroxylation sites is 1. The zero-order valence-electron chi connectivity index (χ0n) is 16.6. The molecule has 0 aliphatic carbocycles. The van der Waals surface area contributed by atoms with Gasteiger partial charge in [0.25, 0.3) is 0 Å². The number of benzene rings is 2. The van der Waals surface area contributed by atoms with Crippen LogP contribution in [0.5, 0.6) is 11.5 Å². The number of carbonyl (C=O) groups is 2. The van der Waals surface area contributed by atoms with Gasteiger partial charge in [0.1, 0.15) is 6.61 Å². The molecule has 2 amide bonds. The van der Waals surface area contributed by atoms with Gasteiger partial charge >= 0.3 is 11.8 Å². The maximum Gasteiger partial charge on any atom is 0.329 e. The fraction of sp³-hybridized carbons (Fsp3) is 0.286. The van der Waals surface area contributed by atoms with Crippen molar-refractivity contribution >= 4 is 29.6 Å². The van der Waals surface area contributed by atoms with E-state index >= 15 is 0 Å². The lowest BCUT2D eigenvalue weighted by Gasteiger charge is -2.14. The Kier molecular flexibility index (Phi) is 8.48. The first-order chi connectivity index (χ1) is 14.0. The van der Waals surface area contributed by atoms with Gasteiger partial charge in [-0.1, -0.05) is 42.8 Å². The molecule has 1 atom stereocenters. The average molecular weight is 418 g/mol. The van der Waals surface area contributed by atoms with Crippen molar-refractivity contribution in [2.45, 2.75) is 32.9 Å². The minimum Gasteiger partial charge on any atom is -0.493 e. The molecule has 2 N–H and O–H groups in total. The van der Waals surface area contributed by atoms with Crippen LogP contribution >= 0.6 is 11.6 Å². The van der Waals surface area contributed by atoms with Gasteiger partial charge in [-0.3, -0.25) is 9.59 Å². The van der Waals surface area contributed by atoms with Gasteiger partial charge < -0.3 is 14.8 Å². The van der Waals surface area contributed by atoms with Crippen LogP contribution in [0.4, 0.5) is 0 Å². The summed E-state index contributed by atoms with van der Waals surface area (Å²) in [5.41, 5.74) is 3.60. The lowest BCUT2D eigenvalue weighted by atomic mass is 10.2. The van der Waals surface area contributed by atoms with Crippen LogP contribution in [0.3, 0.4) is 0 Å². The zero-order chi connectivity index (χ0) is 21.2. The molecule has 2 aromatic carbocycles. The van der Waals surface area contributed by atoms with E-state index in [-0.39, 0.29) is 12.6 Å². The van der Waals surface area contributed by atoms with Crippen molar-refractivity contribution < 1.29 is 19.1 Å². The highest BCUT2D eigenvalue weighted by Crippen LogP contribution is 2.31. The van der Waals surface area contributed by atoms with Crippen LogP contribution in [0.2, 0.25) is 5.02 Å². The predicted molar refractivity (Wildman–Crippen MR) is 112 cm³/mol. The highest BCUT2D eigenvalue weighted by atomic mass is 35.5. The van der Waals surface area contributed by atoms with Crippen LogP contribution in [0.15, 0.2) is 47.6 Å².